The van der Waals surface area contributed by atoms with Crippen LogP contribution in [0.3, 0.4) is 0 Å². The Kier molecular flexibility index (Phi) is 5.97. The summed E-state index contributed by atoms with van der Waals surface area (Å²) in [5, 5.41) is 15.9. The van der Waals surface area contributed by atoms with E-state index in [1.807, 2.05) is 13.8 Å². The largest absolute Gasteiger partial charge is 0.385 e. The molecule has 3 N–H and O–H groups in total. The highest BCUT2D eigenvalue weighted by molar-refractivity contribution is 7.93. The van der Waals surface area contributed by atoms with Crippen LogP contribution in [0, 0.1) is 5.82 Å². The van der Waals surface area contributed by atoms with Gasteiger partial charge >= 0.3 is 0 Å². The highest BCUT2D eigenvalue weighted by Crippen LogP contribution is 2.44. The molecule has 0 spiro atoms. The first-order valence-electron chi connectivity index (χ1n) is 9.47. The summed E-state index contributed by atoms with van der Waals surface area (Å²) >= 11 is 0.966. The van der Waals surface area contributed by atoms with Crippen LogP contribution in [0.4, 0.5) is 4.39 Å². The van der Waals surface area contributed by atoms with Crippen molar-refractivity contribution in [2.75, 3.05) is 0 Å². The molecule has 3 rings (SSSR count). The molecule has 1 aromatic heterocycles. The van der Waals surface area contributed by atoms with Gasteiger partial charge in [0.05, 0.1) is 16.9 Å². The van der Waals surface area contributed by atoms with Crippen molar-refractivity contribution in [1.29, 1.82) is 0 Å². The minimum atomic E-state index is -3.53. The van der Waals surface area contributed by atoms with E-state index in [1.54, 1.807) is 13.8 Å². The van der Waals surface area contributed by atoms with Crippen LogP contribution < -0.4 is 5.14 Å². The highest BCUT2D eigenvalue weighted by Gasteiger charge is 2.30. The number of rotatable bonds is 6. The normalized spacial score (nSPS) is 16.7. The maximum absolute atomic E-state index is 14.1. The van der Waals surface area contributed by atoms with Crippen molar-refractivity contribution in [3.8, 4) is 0 Å². The molecular formula is C20H26FN3O3S2. The van der Waals surface area contributed by atoms with Gasteiger partial charge < -0.3 is 5.11 Å². The highest BCUT2D eigenvalue weighted by atomic mass is 32.2. The van der Waals surface area contributed by atoms with Crippen molar-refractivity contribution >= 4 is 27.2 Å². The molecule has 0 aliphatic heterocycles. The van der Waals surface area contributed by atoms with E-state index >= 15 is 0 Å². The smallest absolute Gasteiger partial charge is 0.259 e. The lowest BCUT2D eigenvalue weighted by Gasteiger charge is -2.17. The molecule has 1 amide bonds. The monoisotopic (exact) mass is 439 g/mol. The third-order valence-corrected chi connectivity index (χ3v) is 7.98. The first kappa shape index (κ1) is 22.0. The molecule has 1 aliphatic carbocycles. The Morgan fingerprint density at radius 2 is 2.10 bits per heavy atom. The van der Waals surface area contributed by atoms with Gasteiger partial charge in [0.25, 0.3) is 5.91 Å². The van der Waals surface area contributed by atoms with Crippen LogP contribution in [-0.4, -0.2) is 20.2 Å². The Bertz CT molecular complexity index is 1040. The van der Waals surface area contributed by atoms with Gasteiger partial charge in [0.1, 0.15) is 5.82 Å². The van der Waals surface area contributed by atoms with Crippen molar-refractivity contribution in [1.82, 2.24) is 4.98 Å². The maximum Gasteiger partial charge on any atom is 0.259 e. The number of halogens is 1. The second kappa shape index (κ2) is 7.86. The number of thiazole rings is 1. The fourth-order valence-corrected chi connectivity index (χ4v) is 5.36. The first-order chi connectivity index (χ1) is 13.4. The van der Waals surface area contributed by atoms with E-state index in [1.165, 1.54) is 18.3 Å². The maximum atomic E-state index is 14.1. The number of hydrogen-bond donors (Lipinski definition) is 2. The van der Waals surface area contributed by atoms with E-state index < -0.39 is 21.4 Å². The lowest BCUT2D eigenvalue weighted by Crippen LogP contribution is -2.17. The molecule has 158 valence electrons. The van der Waals surface area contributed by atoms with Crippen LogP contribution in [0.1, 0.15) is 73.9 Å². The lowest BCUT2D eigenvalue weighted by atomic mass is 9.89. The number of nitrogens with zero attached hydrogens (tertiary/aromatic N) is 2. The average Bonchev–Trinajstić information content (AvgIpc) is 3.28. The van der Waals surface area contributed by atoms with Gasteiger partial charge in [-0.05, 0) is 67.3 Å². The summed E-state index contributed by atoms with van der Waals surface area (Å²) in [7, 11) is -3.53. The van der Waals surface area contributed by atoms with E-state index in [9.17, 15) is 18.5 Å². The molecule has 1 heterocycles. The number of nitrogens with two attached hydrogens (primary N) is 1. The topological polar surface area (TPSA) is 106 Å². The van der Waals surface area contributed by atoms with Gasteiger partial charge in [-0.2, -0.15) is 0 Å². The fourth-order valence-electron chi connectivity index (χ4n) is 3.21. The first-order valence-corrected chi connectivity index (χ1v) is 11.9. The molecule has 1 atom stereocenters. The standard InChI is InChI=1S/C20H26FN3O3S2/c1-11(2)14-7-13(21)8-15(12-5-6-12)16(14)9-18(25)24-29(22,27)19-23-10-17(28-19)20(3,4)26/h7-8,10-12,26H,5-6,9H2,1-4H3,(H2,22,24,25,27). The summed E-state index contributed by atoms with van der Waals surface area (Å²) in [6.07, 6.45) is 3.23. The van der Waals surface area contributed by atoms with E-state index in [4.69, 9.17) is 5.14 Å². The molecular weight excluding hydrogens is 413 g/mol. The van der Waals surface area contributed by atoms with E-state index in [0.717, 1.165) is 40.9 Å². The van der Waals surface area contributed by atoms with Gasteiger partial charge in [-0.1, -0.05) is 13.8 Å². The molecule has 1 saturated carbocycles. The Labute approximate surface area is 174 Å². The number of amides is 1. The molecule has 6 nitrogen and oxygen atoms in total. The Balaban J connectivity index is 1.94. The van der Waals surface area contributed by atoms with Crippen LogP contribution in [0.25, 0.3) is 0 Å². The molecule has 0 bridgehead atoms. The van der Waals surface area contributed by atoms with Gasteiger partial charge in [-0.3, -0.25) is 4.79 Å². The second-order valence-electron chi connectivity index (χ2n) is 8.27. The summed E-state index contributed by atoms with van der Waals surface area (Å²) in [6.45, 7) is 7.03. The zero-order valence-corrected chi connectivity index (χ0v) is 18.6. The molecule has 0 saturated heterocycles. The number of benzene rings is 1. The molecule has 0 radical (unpaired) electrons. The van der Waals surface area contributed by atoms with Crippen LogP contribution in [0.15, 0.2) is 27.0 Å². The van der Waals surface area contributed by atoms with Gasteiger partial charge in [0, 0.05) is 6.20 Å². The van der Waals surface area contributed by atoms with Gasteiger partial charge in [0.15, 0.2) is 9.92 Å². The molecule has 2 aromatic rings. The summed E-state index contributed by atoms with van der Waals surface area (Å²) < 4.78 is 30.7. The number of aliphatic hydroxyl groups is 1. The number of aromatic nitrogens is 1. The quantitative estimate of drug-likeness (QED) is 0.710. The molecule has 29 heavy (non-hydrogen) atoms. The SMILES string of the molecule is CC(C)c1cc(F)cc(C2CC2)c1CC(=O)N=S(N)(=O)c1ncc(C(C)(C)O)s1. The van der Waals surface area contributed by atoms with Crippen molar-refractivity contribution in [3.05, 3.63) is 45.7 Å². The van der Waals surface area contributed by atoms with Crippen LogP contribution >= 0.6 is 11.3 Å². The van der Waals surface area contributed by atoms with E-state index in [2.05, 4.69) is 9.35 Å². The van der Waals surface area contributed by atoms with Gasteiger partial charge in [0.2, 0.25) is 4.34 Å². The van der Waals surface area contributed by atoms with Crippen molar-refractivity contribution in [2.45, 2.75) is 68.7 Å². The Hall–Kier alpha value is -1.68. The molecule has 1 aliphatic rings. The average molecular weight is 440 g/mol. The van der Waals surface area contributed by atoms with Crippen LogP contribution in [0.5, 0.6) is 0 Å². The summed E-state index contributed by atoms with van der Waals surface area (Å²) in [4.78, 5) is 17.1. The zero-order valence-electron chi connectivity index (χ0n) is 16.9. The predicted octanol–water partition coefficient (Wildman–Crippen LogP) is 3.98. The number of carbonyl (C=O) groups is 1. The van der Waals surface area contributed by atoms with Crippen molar-refractivity contribution < 1.29 is 18.5 Å². The number of hydrogen-bond acceptors (Lipinski definition) is 5. The lowest BCUT2D eigenvalue weighted by molar-refractivity contribution is -0.117. The van der Waals surface area contributed by atoms with Crippen molar-refractivity contribution in [2.24, 2.45) is 9.50 Å². The number of carbonyl (C=O) groups excluding carboxylic acids is 1. The Morgan fingerprint density at radius 3 is 2.62 bits per heavy atom. The third-order valence-electron chi connectivity index (χ3n) is 4.83. The van der Waals surface area contributed by atoms with Crippen LogP contribution in [-0.2, 0) is 26.7 Å². The van der Waals surface area contributed by atoms with Gasteiger partial charge in [-0.25, -0.2) is 18.7 Å². The molecule has 1 unspecified atom stereocenters. The van der Waals surface area contributed by atoms with Crippen molar-refractivity contribution in [3.63, 3.8) is 0 Å². The van der Waals surface area contributed by atoms with E-state index in [0.29, 0.717) is 4.88 Å². The van der Waals surface area contributed by atoms with Crippen LogP contribution in [0.2, 0.25) is 0 Å². The zero-order chi connectivity index (χ0) is 21.6. The van der Waals surface area contributed by atoms with Gasteiger partial charge in [-0.15, -0.1) is 15.7 Å². The minimum Gasteiger partial charge on any atom is -0.385 e. The fraction of sp³-hybridized carbons (Fsp3) is 0.500. The third kappa shape index (κ3) is 5.09. The molecule has 1 aromatic carbocycles. The summed E-state index contributed by atoms with van der Waals surface area (Å²) in [6, 6.07) is 2.94. The molecule has 9 heteroatoms. The second-order valence-corrected chi connectivity index (χ2v) is 11.3. The minimum absolute atomic E-state index is 0.00594. The molecule has 1 fully saturated rings. The predicted molar refractivity (Wildman–Crippen MR) is 112 cm³/mol. The summed E-state index contributed by atoms with van der Waals surface area (Å²) in [5.41, 5.74) is 1.19. The summed E-state index contributed by atoms with van der Waals surface area (Å²) in [5.74, 6) is -0.663. The Morgan fingerprint density at radius 1 is 1.45 bits per heavy atom. The van der Waals surface area contributed by atoms with E-state index in [-0.39, 0.29) is 28.4 Å².